The summed E-state index contributed by atoms with van der Waals surface area (Å²) in [6.45, 7) is 3.49. The average molecular weight is 274 g/mol. The molecule has 0 radical (unpaired) electrons. The number of halogens is 1. The average Bonchev–Trinajstić information content (AvgIpc) is 2.41. The van der Waals surface area contributed by atoms with Gasteiger partial charge in [0.05, 0.1) is 11.0 Å². The molecule has 0 aliphatic heterocycles. The lowest BCUT2D eigenvalue weighted by molar-refractivity contribution is -0.384. The highest BCUT2D eigenvalue weighted by atomic mass is 19.1. The van der Waals surface area contributed by atoms with Crippen LogP contribution < -0.4 is 5.73 Å². The lowest BCUT2D eigenvalue weighted by atomic mass is 9.94. The van der Waals surface area contributed by atoms with Crippen molar-refractivity contribution in [2.75, 3.05) is 0 Å². The second kappa shape index (κ2) is 5.38. The van der Waals surface area contributed by atoms with E-state index in [0.717, 1.165) is 5.56 Å². The van der Waals surface area contributed by atoms with Crippen molar-refractivity contribution >= 4 is 5.69 Å². The molecule has 1 unspecified atom stereocenters. The first-order valence-corrected chi connectivity index (χ1v) is 6.16. The molecule has 2 aromatic rings. The topological polar surface area (TPSA) is 69.2 Å². The fourth-order valence-electron chi connectivity index (χ4n) is 2.06. The predicted octanol–water partition coefficient (Wildman–Crippen LogP) is 3.40. The zero-order valence-corrected chi connectivity index (χ0v) is 11.3. The Morgan fingerprint density at radius 1 is 1.15 bits per heavy atom. The highest BCUT2D eigenvalue weighted by molar-refractivity contribution is 5.44. The van der Waals surface area contributed by atoms with Crippen molar-refractivity contribution in [3.8, 4) is 0 Å². The maximum absolute atomic E-state index is 13.6. The second-order valence-electron chi connectivity index (χ2n) is 4.78. The standard InChI is InChI=1S/C15H15FN2O2/c1-9-4-6-12(18(19)20)8-13(9)15(17)11-5-3-10(2)14(16)7-11/h3-8,15H,17H2,1-2H3. The van der Waals surface area contributed by atoms with Crippen LogP contribution in [0.5, 0.6) is 0 Å². The van der Waals surface area contributed by atoms with Gasteiger partial charge in [0.15, 0.2) is 0 Å². The number of nitrogens with two attached hydrogens (primary N) is 1. The van der Waals surface area contributed by atoms with Crippen molar-refractivity contribution in [2.45, 2.75) is 19.9 Å². The highest BCUT2D eigenvalue weighted by Gasteiger charge is 2.16. The Kier molecular flexibility index (Phi) is 3.81. The van der Waals surface area contributed by atoms with Crippen LogP contribution in [0.25, 0.3) is 0 Å². The Labute approximate surface area is 116 Å². The van der Waals surface area contributed by atoms with E-state index in [9.17, 15) is 14.5 Å². The summed E-state index contributed by atoms with van der Waals surface area (Å²) in [6, 6.07) is 8.69. The maximum atomic E-state index is 13.6. The minimum atomic E-state index is -0.593. The third kappa shape index (κ3) is 2.67. The van der Waals surface area contributed by atoms with Gasteiger partial charge in [-0.15, -0.1) is 0 Å². The number of nitrogens with zero attached hydrogens (tertiary/aromatic N) is 1. The van der Waals surface area contributed by atoms with Crippen molar-refractivity contribution in [3.05, 3.63) is 74.6 Å². The Morgan fingerprint density at radius 3 is 2.40 bits per heavy atom. The SMILES string of the molecule is Cc1ccc(C(N)c2cc([N+](=O)[O-])ccc2C)cc1F. The molecule has 1 atom stereocenters. The maximum Gasteiger partial charge on any atom is 0.269 e. The first kappa shape index (κ1) is 14.1. The molecule has 2 N–H and O–H groups in total. The number of hydrogen-bond acceptors (Lipinski definition) is 3. The van der Waals surface area contributed by atoms with E-state index in [0.29, 0.717) is 16.7 Å². The van der Waals surface area contributed by atoms with E-state index in [1.54, 1.807) is 25.1 Å². The van der Waals surface area contributed by atoms with Crippen LogP contribution >= 0.6 is 0 Å². The third-order valence-electron chi connectivity index (χ3n) is 3.36. The summed E-state index contributed by atoms with van der Waals surface area (Å²) < 4.78 is 13.6. The Morgan fingerprint density at radius 2 is 1.80 bits per heavy atom. The van der Waals surface area contributed by atoms with E-state index < -0.39 is 11.0 Å². The zero-order chi connectivity index (χ0) is 14.9. The highest BCUT2D eigenvalue weighted by Crippen LogP contribution is 2.27. The molecular formula is C15H15FN2O2. The fraction of sp³-hybridized carbons (Fsp3) is 0.200. The molecule has 0 saturated carbocycles. The summed E-state index contributed by atoms with van der Waals surface area (Å²) in [5, 5.41) is 10.8. The fourth-order valence-corrected chi connectivity index (χ4v) is 2.06. The number of benzene rings is 2. The molecule has 0 aliphatic rings. The number of non-ortho nitro benzene ring substituents is 1. The van der Waals surface area contributed by atoms with Crippen LogP contribution in [0.15, 0.2) is 36.4 Å². The quantitative estimate of drug-likeness (QED) is 0.689. The minimum Gasteiger partial charge on any atom is -0.320 e. The molecule has 0 spiro atoms. The van der Waals surface area contributed by atoms with Gasteiger partial charge in [0, 0.05) is 12.1 Å². The van der Waals surface area contributed by atoms with E-state index in [4.69, 9.17) is 5.73 Å². The molecule has 0 fully saturated rings. The van der Waals surface area contributed by atoms with Crippen LogP contribution in [0.3, 0.4) is 0 Å². The monoisotopic (exact) mass is 274 g/mol. The number of nitro benzene ring substituents is 1. The lowest BCUT2D eigenvalue weighted by Crippen LogP contribution is -2.14. The summed E-state index contributed by atoms with van der Waals surface area (Å²) in [5.74, 6) is -0.332. The molecule has 0 amide bonds. The summed E-state index contributed by atoms with van der Waals surface area (Å²) in [7, 11) is 0. The van der Waals surface area contributed by atoms with Crippen LogP contribution in [0.2, 0.25) is 0 Å². The van der Waals surface area contributed by atoms with Crippen LogP contribution in [0.1, 0.15) is 28.3 Å². The minimum absolute atomic E-state index is 0.0198. The van der Waals surface area contributed by atoms with E-state index in [2.05, 4.69) is 0 Å². The van der Waals surface area contributed by atoms with Crippen molar-refractivity contribution in [1.82, 2.24) is 0 Å². The molecule has 104 valence electrons. The van der Waals surface area contributed by atoms with Crippen molar-refractivity contribution in [1.29, 1.82) is 0 Å². The van der Waals surface area contributed by atoms with Crippen LogP contribution in [0.4, 0.5) is 10.1 Å². The Hall–Kier alpha value is -2.27. The van der Waals surface area contributed by atoms with Gasteiger partial charge in [-0.05, 0) is 42.2 Å². The Balaban J connectivity index is 2.46. The molecular weight excluding hydrogens is 259 g/mol. The van der Waals surface area contributed by atoms with Crippen molar-refractivity contribution in [2.24, 2.45) is 5.73 Å². The van der Waals surface area contributed by atoms with Gasteiger partial charge in [0.1, 0.15) is 5.82 Å². The summed E-state index contributed by atoms with van der Waals surface area (Å²) in [5.41, 5.74) is 8.69. The van der Waals surface area contributed by atoms with Gasteiger partial charge in [-0.25, -0.2) is 4.39 Å². The molecule has 0 heterocycles. The molecule has 0 aliphatic carbocycles. The molecule has 4 nitrogen and oxygen atoms in total. The normalized spacial score (nSPS) is 12.2. The van der Waals surface area contributed by atoms with E-state index >= 15 is 0 Å². The van der Waals surface area contributed by atoms with Crippen LogP contribution in [-0.4, -0.2) is 4.92 Å². The zero-order valence-electron chi connectivity index (χ0n) is 11.3. The Bertz CT molecular complexity index is 671. The molecule has 0 aromatic heterocycles. The van der Waals surface area contributed by atoms with Gasteiger partial charge in [-0.1, -0.05) is 18.2 Å². The molecule has 20 heavy (non-hydrogen) atoms. The molecule has 0 bridgehead atoms. The number of aryl methyl sites for hydroxylation is 2. The largest absolute Gasteiger partial charge is 0.320 e. The first-order chi connectivity index (χ1) is 9.40. The molecule has 5 heteroatoms. The number of nitro groups is 1. The van der Waals surface area contributed by atoms with E-state index in [1.807, 2.05) is 6.92 Å². The lowest BCUT2D eigenvalue weighted by Gasteiger charge is -2.15. The second-order valence-corrected chi connectivity index (χ2v) is 4.78. The van der Waals surface area contributed by atoms with Gasteiger partial charge in [0.2, 0.25) is 0 Å². The van der Waals surface area contributed by atoms with E-state index in [1.165, 1.54) is 18.2 Å². The molecule has 0 saturated heterocycles. The van der Waals surface area contributed by atoms with E-state index in [-0.39, 0.29) is 11.5 Å². The predicted molar refractivity (Wildman–Crippen MR) is 75.0 cm³/mol. The van der Waals surface area contributed by atoms with Gasteiger partial charge in [0.25, 0.3) is 5.69 Å². The van der Waals surface area contributed by atoms with Gasteiger partial charge in [-0.3, -0.25) is 10.1 Å². The van der Waals surface area contributed by atoms with Crippen LogP contribution in [-0.2, 0) is 0 Å². The third-order valence-corrected chi connectivity index (χ3v) is 3.36. The van der Waals surface area contributed by atoms with Gasteiger partial charge >= 0.3 is 0 Å². The smallest absolute Gasteiger partial charge is 0.269 e. The van der Waals surface area contributed by atoms with Crippen molar-refractivity contribution in [3.63, 3.8) is 0 Å². The van der Waals surface area contributed by atoms with Crippen LogP contribution in [0, 0.1) is 29.8 Å². The van der Waals surface area contributed by atoms with Gasteiger partial charge in [-0.2, -0.15) is 0 Å². The summed E-state index contributed by atoms with van der Waals surface area (Å²) in [6.07, 6.45) is 0. The first-order valence-electron chi connectivity index (χ1n) is 6.16. The number of hydrogen-bond donors (Lipinski definition) is 1. The van der Waals surface area contributed by atoms with Gasteiger partial charge < -0.3 is 5.73 Å². The number of rotatable bonds is 3. The van der Waals surface area contributed by atoms with Crippen molar-refractivity contribution < 1.29 is 9.31 Å². The summed E-state index contributed by atoms with van der Waals surface area (Å²) >= 11 is 0. The summed E-state index contributed by atoms with van der Waals surface area (Å²) in [4.78, 5) is 10.4. The molecule has 2 aromatic carbocycles. The molecule has 2 rings (SSSR count).